The zero-order chi connectivity index (χ0) is 76.4. The van der Waals surface area contributed by atoms with E-state index < -0.39 is 12.3 Å². The van der Waals surface area contributed by atoms with Crippen LogP contribution in [-0.2, 0) is 56.2 Å². The van der Waals surface area contributed by atoms with Crippen molar-refractivity contribution in [1.82, 2.24) is 0 Å². The summed E-state index contributed by atoms with van der Waals surface area (Å²) in [6, 6.07) is 70.0. The van der Waals surface area contributed by atoms with E-state index in [-0.39, 0.29) is 21.7 Å². The molecule has 0 saturated carbocycles. The number of fused-ring (bicyclic) bond motifs is 12. The second-order valence-electron chi connectivity index (χ2n) is 32.5. The topological polar surface area (TPSA) is 15.5 Å². The number of benzene rings is 8. The molecule has 0 saturated heterocycles. The van der Waals surface area contributed by atoms with Crippen LogP contribution in [-0.4, -0.2) is 0 Å². The van der Waals surface area contributed by atoms with Crippen LogP contribution in [0.1, 0.15) is 215 Å². The number of pyridine rings is 4. The predicted octanol–water partition coefficient (Wildman–Crippen LogP) is 23.1. The summed E-state index contributed by atoms with van der Waals surface area (Å²) in [5.41, 5.74) is 41.4. The molecular formula is C99H110N4+4. The van der Waals surface area contributed by atoms with Crippen LogP contribution in [0, 0.1) is 27.7 Å². The lowest BCUT2D eigenvalue weighted by molar-refractivity contribution is -0.660. The Bertz CT molecular complexity index is 5490. The Hall–Kier alpha value is -9.64. The largest absolute Gasteiger partial charge is 0.212 e. The van der Waals surface area contributed by atoms with Gasteiger partial charge >= 0.3 is 0 Å². The highest BCUT2D eigenvalue weighted by Gasteiger charge is 2.44. The van der Waals surface area contributed by atoms with Gasteiger partial charge in [0, 0.05) is 85.4 Å². The third-order valence-corrected chi connectivity index (χ3v) is 23.6. The van der Waals surface area contributed by atoms with Crippen molar-refractivity contribution >= 4 is 0 Å². The standard InChI is InChI=1S/3C25H28N.C24H26N/c1-16(2)23-17(3)19(22-13-9-10-14-26(22)6)15-21-24(23)18-11-7-8-12-20(18)25(21,4)5;2*1-16(2)22-23(21-13-9-10-14-26(21)6)17(3)15-19-18-11-7-8-12-20(18)25(4,5)24(19)22;1-6-17-16(2)19(22-13-9-10-14-25(22)5)15-21-23(17)18-11-7-8-12-20(18)24(21,3)4/h3*7-16H,1-6H3;7-15H,6H2,1-5H3/q4*+1/i;16D;;6D2. The minimum absolute atomic E-state index is 0.0291. The molecule has 16 rings (SSSR count). The molecule has 4 nitrogen and oxygen atoms in total. The average molecular weight is 1360 g/mol. The van der Waals surface area contributed by atoms with Crippen LogP contribution >= 0.6 is 0 Å². The van der Waals surface area contributed by atoms with E-state index in [1.807, 2.05) is 39.2 Å². The molecule has 0 atom stereocenters. The van der Waals surface area contributed by atoms with Gasteiger partial charge in [0.15, 0.2) is 24.8 Å². The van der Waals surface area contributed by atoms with Crippen molar-refractivity contribution in [1.29, 1.82) is 0 Å². The van der Waals surface area contributed by atoms with Gasteiger partial charge in [-0.05, 0) is 222 Å². The molecule has 4 aliphatic carbocycles. The summed E-state index contributed by atoms with van der Waals surface area (Å²) in [4.78, 5) is 0. The molecule has 8 aromatic carbocycles. The van der Waals surface area contributed by atoms with Crippen molar-refractivity contribution in [2.75, 3.05) is 0 Å². The minimum Gasteiger partial charge on any atom is -0.201 e. The number of nitrogens with zero attached hydrogens (tertiary/aromatic N) is 4. The Kier molecular flexibility index (Phi) is 17.9. The third kappa shape index (κ3) is 11.8. The highest BCUT2D eigenvalue weighted by Crippen LogP contribution is 2.58. The lowest BCUT2D eigenvalue weighted by Crippen LogP contribution is -2.31. The Balaban J connectivity index is 0.000000125. The highest BCUT2D eigenvalue weighted by atomic mass is 14.9. The van der Waals surface area contributed by atoms with Crippen molar-refractivity contribution in [3.8, 4) is 89.5 Å². The lowest BCUT2D eigenvalue weighted by Gasteiger charge is -2.28. The minimum atomic E-state index is -1.43. The van der Waals surface area contributed by atoms with Gasteiger partial charge in [-0.1, -0.05) is 213 Å². The molecule has 0 N–H and O–H groups in total. The van der Waals surface area contributed by atoms with Crippen molar-refractivity contribution < 1.29 is 22.4 Å². The third-order valence-electron chi connectivity index (χ3n) is 23.6. The van der Waals surface area contributed by atoms with Gasteiger partial charge in [0.2, 0.25) is 22.8 Å². The van der Waals surface area contributed by atoms with E-state index in [1.165, 1.54) is 145 Å². The number of aromatic nitrogens is 4. The number of hydrogen-bond donors (Lipinski definition) is 0. The maximum atomic E-state index is 9.07. The summed E-state index contributed by atoms with van der Waals surface area (Å²) in [5, 5.41) is 0. The van der Waals surface area contributed by atoms with Crippen LogP contribution in [0.4, 0.5) is 0 Å². The Morgan fingerprint density at radius 2 is 0.641 bits per heavy atom. The van der Waals surface area contributed by atoms with Crippen LogP contribution < -0.4 is 18.3 Å². The summed E-state index contributed by atoms with van der Waals surface area (Å²) in [7, 11) is 8.41. The molecule has 522 valence electrons. The predicted molar refractivity (Wildman–Crippen MR) is 433 cm³/mol. The monoisotopic (exact) mass is 1360 g/mol. The van der Waals surface area contributed by atoms with E-state index in [2.05, 4.69) is 351 Å². The number of aryl methyl sites for hydroxylation is 6. The van der Waals surface area contributed by atoms with Crippen LogP contribution in [0.15, 0.2) is 219 Å². The van der Waals surface area contributed by atoms with Crippen LogP contribution in [0.5, 0.6) is 0 Å². The molecule has 0 fully saturated rings. The maximum Gasteiger partial charge on any atom is 0.212 e. The first-order valence-corrected chi connectivity index (χ1v) is 37.4. The van der Waals surface area contributed by atoms with E-state index in [9.17, 15) is 0 Å². The second-order valence-corrected chi connectivity index (χ2v) is 32.5. The zero-order valence-electron chi connectivity index (χ0n) is 68.7. The summed E-state index contributed by atoms with van der Waals surface area (Å²) in [6.07, 6.45) is 6.98. The Morgan fingerprint density at radius 3 is 1.02 bits per heavy atom. The Morgan fingerprint density at radius 1 is 0.320 bits per heavy atom. The van der Waals surface area contributed by atoms with Gasteiger partial charge in [0.05, 0.1) is 11.1 Å². The molecule has 12 aromatic rings. The van der Waals surface area contributed by atoms with E-state index in [1.54, 1.807) is 6.92 Å². The van der Waals surface area contributed by atoms with Crippen molar-refractivity contribution in [2.24, 2.45) is 28.2 Å². The van der Waals surface area contributed by atoms with Crippen molar-refractivity contribution in [2.45, 2.75) is 177 Å². The normalized spacial score (nSPS) is 15.1. The number of rotatable bonds is 8. The fourth-order valence-corrected chi connectivity index (χ4v) is 18.6. The van der Waals surface area contributed by atoms with Crippen LogP contribution in [0.25, 0.3) is 89.5 Å². The molecule has 0 spiro atoms. The average Bonchev–Trinajstić information content (AvgIpc) is 1.54. The highest BCUT2D eigenvalue weighted by molar-refractivity contribution is 5.91. The van der Waals surface area contributed by atoms with E-state index in [4.69, 9.17) is 4.11 Å². The summed E-state index contributed by atoms with van der Waals surface area (Å²) in [6.45, 7) is 42.4. The van der Waals surface area contributed by atoms with Gasteiger partial charge in [-0.25, -0.2) is 18.3 Å². The molecule has 0 bridgehead atoms. The quantitative estimate of drug-likeness (QED) is 0.135. The lowest BCUT2D eigenvalue weighted by atomic mass is 9.75. The maximum absolute atomic E-state index is 9.07. The molecule has 0 aliphatic heterocycles. The van der Waals surface area contributed by atoms with E-state index >= 15 is 0 Å². The first-order chi connectivity index (χ1) is 49.9. The molecule has 0 unspecified atom stereocenters. The van der Waals surface area contributed by atoms with E-state index in [0.717, 1.165) is 33.5 Å². The van der Waals surface area contributed by atoms with Gasteiger partial charge in [-0.15, -0.1) is 0 Å². The van der Waals surface area contributed by atoms with Crippen LogP contribution in [0.2, 0.25) is 0 Å². The SMILES string of the molecule is Cc1c(-c2cccc[n+]2C)cc2c(c1C(C)C)-c1ccccc1C2(C)C.Cc1cc2c(c(C(C)C)c1-c1cccc[n+]1C)C(C)(C)c1ccccc1-2.[2H]C(C)(C)c1c(-c2cccc[n+]2C)c(C)cc2c1C(C)(C)c1ccccc1-2.[2H]C([2H])(C)c1c(C)c(-c2cccc[n+]2C)cc2c1-c1ccccc1C2(C)C. The van der Waals surface area contributed by atoms with Gasteiger partial charge in [-0.2, -0.15) is 0 Å². The second kappa shape index (κ2) is 27.2. The molecule has 4 heteroatoms. The molecule has 0 radical (unpaired) electrons. The summed E-state index contributed by atoms with van der Waals surface area (Å²) < 4.78 is 35.1. The number of hydrogen-bond acceptors (Lipinski definition) is 0. The fraction of sp³-hybridized carbons (Fsp3) is 0.313. The summed E-state index contributed by atoms with van der Waals surface area (Å²) >= 11 is 0. The van der Waals surface area contributed by atoms with E-state index in [0.29, 0.717) is 11.8 Å². The van der Waals surface area contributed by atoms with Gasteiger partial charge in [-0.3, -0.25) is 0 Å². The molecule has 103 heavy (non-hydrogen) atoms. The molecule has 4 aliphatic rings. The van der Waals surface area contributed by atoms with Crippen molar-refractivity contribution in [3.05, 3.63) is 308 Å². The van der Waals surface area contributed by atoms with Crippen LogP contribution in [0.3, 0.4) is 0 Å². The molecule has 4 aromatic heterocycles. The van der Waals surface area contributed by atoms with Gasteiger partial charge in [0.25, 0.3) is 0 Å². The van der Waals surface area contributed by atoms with Crippen molar-refractivity contribution in [3.63, 3.8) is 0 Å². The first-order valence-electron chi connectivity index (χ1n) is 38.9. The van der Waals surface area contributed by atoms with Gasteiger partial charge in [0.1, 0.15) is 28.2 Å². The Labute approximate surface area is 621 Å². The first kappa shape index (κ1) is 67.8. The smallest absolute Gasteiger partial charge is 0.201 e. The fourth-order valence-electron chi connectivity index (χ4n) is 18.6. The molecular weight excluding hydrogens is 1250 g/mol. The zero-order valence-corrected chi connectivity index (χ0v) is 65.7. The molecule has 4 heterocycles. The summed E-state index contributed by atoms with van der Waals surface area (Å²) in [5.74, 6) is 0.250. The molecule has 0 amide bonds. The van der Waals surface area contributed by atoms with Gasteiger partial charge < -0.3 is 0 Å².